The molecule has 2 nitrogen and oxygen atoms in total. The highest BCUT2D eigenvalue weighted by molar-refractivity contribution is 5.51. The molecule has 2 aromatic carbocycles. The molecule has 0 aromatic heterocycles. The average molecular weight is 282 g/mol. The second kappa shape index (κ2) is 6.00. The van der Waals surface area contributed by atoms with Crippen molar-refractivity contribution in [2.75, 3.05) is 0 Å². The summed E-state index contributed by atoms with van der Waals surface area (Å²) >= 11 is 0. The number of aryl methyl sites for hydroxylation is 1. The minimum absolute atomic E-state index is 0.947. The molecule has 0 aliphatic rings. The Bertz CT molecular complexity index is 628. The molecular formula is C19H26N2. The summed E-state index contributed by atoms with van der Waals surface area (Å²) in [5.74, 6) is 0. The molecule has 0 saturated carbocycles. The first-order valence-electron chi connectivity index (χ1n) is 7.69. The van der Waals surface area contributed by atoms with Gasteiger partial charge in [0.25, 0.3) is 0 Å². The van der Waals surface area contributed by atoms with E-state index in [-0.39, 0.29) is 0 Å². The molecule has 0 aliphatic carbocycles. The normalized spacial score (nSPS) is 11.7. The van der Waals surface area contributed by atoms with E-state index < -0.39 is 5.66 Å². The van der Waals surface area contributed by atoms with Crippen molar-refractivity contribution >= 4 is 0 Å². The van der Waals surface area contributed by atoms with Gasteiger partial charge in [0, 0.05) is 0 Å². The van der Waals surface area contributed by atoms with Crippen LogP contribution < -0.4 is 11.5 Å². The summed E-state index contributed by atoms with van der Waals surface area (Å²) in [6, 6.07) is 12.1. The maximum atomic E-state index is 6.56. The van der Waals surface area contributed by atoms with Gasteiger partial charge in [-0.25, -0.2) is 0 Å². The molecule has 0 spiro atoms. The van der Waals surface area contributed by atoms with E-state index in [2.05, 4.69) is 33.8 Å². The smallest absolute Gasteiger partial charge is 0.117 e. The monoisotopic (exact) mass is 282 g/mol. The Morgan fingerprint density at radius 3 is 2.00 bits per heavy atom. The molecule has 0 atom stereocenters. The zero-order valence-electron chi connectivity index (χ0n) is 13.5. The second-order valence-electron chi connectivity index (χ2n) is 5.77. The van der Waals surface area contributed by atoms with Crippen LogP contribution in [0.2, 0.25) is 0 Å². The van der Waals surface area contributed by atoms with Crippen molar-refractivity contribution in [2.24, 2.45) is 11.5 Å². The standard InChI is InChI=1S/C19H26N2/c1-5-16-14(4)13(3)12-18(17(16)6-2)19(20,21)15-10-8-7-9-11-15/h7-12H,5-6,20-21H2,1-4H3. The number of benzene rings is 2. The predicted molar refractivity (Wildman–Crippen MR) is 90.3 cm³/mol. The zero-order chi connectivity index (χ0) is 15.6. The SMILES string of the molecule is CCc1c(C(N)(N)c2ccccc2)cc(C)c(C)c1CC. The summed E-state index contributed by atoms with van der Waals surface area (Å²) in [6.45, 7) is 8.70. The third-order valence-corrected chi connectivity index (χ3v) is 4.50. The highest BCUT2D eigenvalue weighted by Crippen LogP contribution is 2.31. The van der Waals surface area contributed by atoms with E-state index in [9.17, 15) is 0 Å². The van der Waals surface area contributed by atoms with Crippen molar-refractivity contribution in [3.63, 3.8) is 0 Å². The highest BCUT2D eigenvalue weighted by Gasteiger charge is 2.28. The molecule has 0 heterocycles. The lowest BCUT2D eigenvalue weighted by molar-refractivity contribution is 0.559. The summed E-state index contributed by atoms with van der Waals surface area (Å²) in [7, 11) is 0. The van der Waals surface area contributed by atoms with Gasteiger partial charge in [0.05, 0.1) is 0 Å². The highest BCUT2D eigenvalue weighted by atomic mass is 15.0. The van der Waals surface area contributed by atoms with Gasteiger partial charge in [-0.05, 0) is 60.1 Å². The molecule has 2 heteroatoms. The molecule has 21 heavy (non-hydrogen) atoms. The minimum atomic E-state index is -0.949. The molecule has 0 aliphatic heterocycles. The number of hydrogen-bond donors (Lipinski definition) is 2. The van der Waals surface area contributed by atoms with Gasteiger partial charge in [0.1, 0.15) is 5.66 Å². The first kappa shape index (κ1) is 15.7. The Hall–Kier alpha value is -1.64. The van der Waals surface area contributed by atoms with E-state index >= 15 is 0 Å². The Kier molecular flexibility index (Phi) is 4.50. The lowest BCUT2D eigenvalue weighted by Crippen LogP contribution is -2.48. The van der Waals surface area contributed by atoms with Crippen LogP contribution in [0.3, 0.4) is 0 Å². The largest absolute Gasteiger partial charge is 0.306 e. The van der Waals surface area contributed by atoms with Crippen LogP contribution >= 0.6 is 0 Å². The molecule has 112 valence electrons. The summed E-state index contributed by atoms with van der Waals surface area (Å²) < 4.78 is 0. The van der Waals surface area contributed by atoms with Gasteiger partial charge in [-0.15, -0.1) is 0 Å². The Morgan fingerprint density at radius 1 is 0.905 bits per heavy atom. The van der Waals surface area contributed by atoms with Crippen LogP contribution in [0, 0.1) is 13.8 Å². The first-order chi connectivity index (χ1) is 9.93. The molecule has 0 saturated heterocycles. The topological polar surface area (TPSA) is 52.0 Å². The van der Waals surface area contributed by atoms with Crippen LogP contribution in [0.25, 0.3) is 0 Å². The molecular weight excluding hydrogens is 256 g/mol. The average Bonchev–Trinajstić information content (AvgIpc) is 2.50. The van der Waals surface area contributed by atoms with Crippen molar-refractivity contribution in [2.45, 2.75) is 46.2 Å². The Labute approximate surface area is 128 Å². The molecule has 2 rings (SSSR count). The van der Waals surface area contributed by atoms with Gasteiger partial charge in [0.2, 0.25) is 0 Å². The van der Waals surface area contributed by atoms with Crippen LogP contribution in [-0.4, -0.2) is 0 Å². The van der Waals surface area contributed by atoms with Gasteiger partial charge in [-0.1, -0.05) is 50.2 Å². The lowest BCUT2D eigenvalue weighted by atomic mass is 9.82. The zero-order valence-corrected chi connectivity index (χ0v) is 13.5. The van der Waals surface area contributed by atoms with E-state index in [1.165, 1.54) is 22.3 Å². The molecule has 0 bridgehead atoms. The van der Waals surface area contributed by atoms with E-state index in [1.54, 1.807) is 0 Å². The summed E-state index contributed by atoms with van der Waals surface area (Å²) in [5.41, 5.74) is 19.5. The van der Waals surface area contributed by atoms with Crippen LogP contribution in [0.4, 0.5) is 0 Å². The summed E-state index contributed by atoms with van der Waals surface area (Å²) in [6.07, 6.45) is 1.96. The molecule has 0 radical (unpaired) electrons. The summed E-state index contributed by atoms with van der Waals surface area (Å²) in [5, 5.41) is 0. The van der Waals surface area contributed by atoms with Gasteiger partial charge in [0.15, 0.2) is 0 Å². The van der Waals surface area contributed by atoms with E-state index in [4.69, 9.17) is 11.5 Å². The van der Waals surface area contributed by atoms with Crippen LogP contribution in [0.1, 0.15) is 47.2 Å². The third-order valence-electron chi connectivity index (χ3n) is 4.50. The van der Waals surface area contributed by atoms with Gasteiger partial charge < -0.3 is 11.5 Å². The van der Waals surface area contributed by atoms with Crippen LogP contribution in [-0.2, 0) is 18.5 Å². The number of nitrogens with two attached hydrogens (primary N) is 2. The van der Waals surface area contributed by atoms with Crippen molar-refractivity contribution in [1.29, 1.82) is 0 Å². The first-order valence-corrected chi connectivity index (χ1v) is 7.69. The van der Waals surface area contributed by atoms with Crippen molar-refractivity contribution < 1.29 is 0 Å². The fraction of sp³-hybridized carbons (Fsp3) is 0.368. The third kappa shape index (κ3) is 2.74. The van der Waals surface area contributed by atoms with Gasteiger partial charge in [-0.2, -0.15) is 0 Å². The van der Waals surface area contributed by atoms with E-state index in [0.717, 1.165) is 24.0 Å². The van der Waals surface area contributed by atoms with Gasteiger partial charge >= 0.3 is 0 Å². The molecule has 0 unspecified atom stereocenters. The quantitative estimate of drug-likeness (QED) is 0.843. The second-order valence-corrected chi connectivity index (χ2v) is 5.77. The van der Waals surface area contributed by atoms with Crippen molar-refractivity contribution in [1.82, 2.24) is 0 Å². The molecule has 0 fully saturated rings. The molecule has 2 aromatic rings. The van der Waals surface area contributed by atoms with E-state index in [1.807, 2.05) is 30.3 Å². The van der Waals surface area contributed by atoms with Gasteiger partial charge in [-0.3, -0.25) is 0 Å². The van der Waals surface area contributed by atoms with Crippen molar-refractivity contribution in [3.05, 3.63) is 69.8 Å². The van der Waals surface area contributed by atoms with Crippen LogP contribution in [0.5, 0.6) is 0 Å². The summed E-state index contributed by atoms with van der Waals surface area (Å²) in [4.78, 5) is 0. The van der Waals surface area contributed by atoms with Crippen molar-refractivity contribution in [3.8, 4) is 0 Å². The number of rotatable bonds is 4. The molecule has 0 amide bonds. The fourth-order valence-electron chi connectivity index (χ4n) is 3.16. The van der Waals surface area contributed by atoms with Crippen LogP contribution in [0.15, 0.2) is 36.4 Å². The molecule has 4 N–H and O–H groups in total. The number of hydrogen-bond acceptors (Lipinski definition) is 2. The fourth-order valence-corrected chi connectivity index (χ4v) is 3.16. The Morgan fingerprint density at radius 2 is 1.48 bits per heavy atom. The van der Waals surface area contributed by atoms with E-state index in [0.29, 0.717) is 0 Å². The lowest BCUT2D eigenvalue weighted by Gasteiger charge is -2.30. The predicted octanol–water partition coefficient (Wildman–Crippen LogP) is 3.55. The Balaban J connectivity index is 2.71. The maximum Gasteiger partial charge on any atom is 0.117 e. The minimum Gasteiger partial charge on any atom is -0.306 e. The maximum absolute atomic E-state index is 6.56.